The van der Waals surface area contributed by atoms with Gasteiger partial charge < -0.3 is 15.4 Å². The zero-order valence-electron chi connectivity index (χ0n) is 14.7. The molecule has 7 heteroatoms. The zero-order valence-corrected chi connectivity index (χ0v) is 16.4. The normalized spacial score (nSPS) is 14.6. The maximum absolute atomic E-state index is 12.3. The molecule has 2 N–H and O–H groups in total. The Balaban J connectivity index is 1.87. The standard InChI is InChI=1S/C17H23N3O2S2/c1-9-10(2)23-15(19-9)13-11-6-7-20(8-12(11)24-14(13)18)16(21)22-17(3,4)5/h6-8,18H2,1-5H3. The van der Waals surface area contributed by atoms with E-state index in [1.807, 2.05) is 27.7 Å². The molecular weight excluding hydrogens is 342 g/mol. The van der Waals surface area contributed by atoms with Crippen molar-refractivity contribution in [3.05, 3.63) is 21.0 Å². The molecule has 0 saturated heterocycles. The second kappa shape index (κ2) is 6.04. The number of thiophene rings is 1. The Labute approximate surface area is 150 Å². The Morgan fingerprint density at radius 3 is 2.58 bits per heavy atom. The summed E-state index contributed by atoms with van der Waals surface area (Å²) < 4.78 is 5.48. The van der Waals surface area contributed by atoms with Crippen molar-refractivity contribution in [1.29, 1.82) is 0 Å². The number of ether oxygens (including phenoxy) is 1. The van der Waals surface area contributed by atoms with E-state index in [1.54, 1.807) is 27.6 Å². The second-order valence-electron chi connectivity index (χ2n) is 7.06. The van der Waals surface area contributed by atoms with Crippen LogP contribution in [0.4, 0.5) is 9.80 Å². The first kappa shape index (κ1) is 17.2. The summed E-state index contributed by atoms with van der Waals surface area (Å²) in [5.74, 6) is 0. The second-order valence-corrected chi connectivity index (χ2v) is 9.40. The van der Waals surface area contributed by atoms with Gasteiger partial charge >= 0.3 is 6.09 Å². The van der Waals surface area contributed by atoms with Gasteiger partial charge in [0.2, 0.25) is 0 Å². The molecule has 1 aliphatic heterocycles. The van der Waals surface area contributed by atoms with Crippen molar-refractivity contribution < 1.29 is 9.53 Å². The van der Waals surface area contributed by atoms with E-state index in [9.17, 15) is 4.79 Å². The Kier molecular flexibility index (Phi) is 4.34. The van der Waals surface area contributed by atoms with Gasteiger partial charge in [-0.25, -0.2) is 9.78 Å². The van der Waals surface area contributed by atoms with Crippen LogP contribution in [0.3, 0.4) is 0 Å². The number of carbonyl (C=O) groups excluding carboxylic acids is 1. The number of anilines is 1. The summed E-state index contributed by atoms with van der Waals surface area (Å²) in [6, 6.07) is 0. The van der Waals surface area contributed by atoms with E-state index in [1.165, 1.54) is 10.4 Å². The molecule has 3 heterocycles. The molecule has 0 bridgehead atoms. The Bertz CT molecular complexity index is 767. The largest absolute Gasteiger partial charge is 0.444 e. The van der Waals surface area contributed by atoms with Crippen molar-refractivity contribution in [3.63, 3.8) is 0 Å². The Hall–Kier alpha value is -1.60. The molecule has 0 spiro atoms. The van der Waals surface area contributed by atoms with Crippen LogP contribution in [0.5, 0.6) is 0 Å². The first-order chi connectivity index (χ1) is 11.2. The first-order valence-corrected chi connectivity index (χ1v) is 9.61. The number of rotatable bonds is 1. The molecule has 0 radical (unpaired) electrons. The van der Waals surface area contributed by atoms with Crippen LogP contribution >= 0.6 is 22.7 Å². The maximum atomic E-state index is 12.3. The fraction of sp³-hybridized carbons (Fsp3) is 0.529. The lowest BCUT2D eigenvalue weighted by atomic mass is 10.0. The molecule has 2 aromatic rings. The Morgan fingerprint density at radius 1 is 1.29 bits per heavy atom. The van der Waals surface area contributed by atoms with Crippen molar-refractivity contribution in [2.24, 2.45) is 0 Å². The van der Waals surface area contributed by atoms with Crippen LogP contribution in [0.25, 0.3) is 10.6 Å². The minimum absolute atomic E-state index is 0.261. The first-order valence-electron chi connectivity index (χ1n) is 7.98. The number of hydrogen-bond acceptors (Lipinski definition) is 6. The Morgan fingerprint density at radius 2 is 2.00 bits per heavy atom. The minimum atomic E-state index is -0.479. The van der Waals surface area contributed by atoms with E-state index in [-0.39, 0.29) is 6.09 Å². The lowest BCUT2D eigenvalue weighted by molar-refractivity contribution is 0.0227. The summed E-state index contributed by atoms with van der Waals surface area (Å²) in [4.78, 5) is 21.1. The van der Waals surface area contributed by atoms with E-state index in [0.29, 0.717) is 13.1 Å². The number of hydrogen-bond donors (Lipinski definition) is 1. The highest BCUT2D eigenvalue weighted by Crippen LogP contribution is 2.43. The van der Waals surface area contributed by atoms with E-state index in [4.69, 9.17) is 10.5 Å². The van der Waals surface area contributed by atoms with Crippen LogP contribution in [-0.4, -0.2) is 28.1 Å². The molecule has 0 fully saturated rings. The predicted octanol–water partition coefficient (Wildman–Crippen LogP) is 4.36. The smallest absolute Gasteiger partial charge is 0.410 e. The van der Waals surface area contributed by atoms with Crippen LogP contribution in [0.1, 0.15) is 41.8 Å². The van der Waals surface area contributed by atoms with E-state index < -0.39 is 5.60 Å². The monoisotopic (exact) mass is 365 g/mol. The summed E-state index contributed by atoms with van der Waals surface area (Å²) in [5, 5.41) is 1.78. The average Bonchev–Trinajstić information content (AvgIpc) is 2.95. The highest BCUT2D eigenvalue weighted by Gasteiger charge is 2.30. The van der Waals surface area contributed by atoms with Gasteiger partial charge in [0, 0.05) is 21.9 Å². The van der Waals surface area contributed by atoms with Crippen LogP contribution in [0, 0.1) is 13.8 Å². The molecular formula is C17H23N3O2S2. The minimum Gasteiger partial charge on any atom is -0.444 e. The zero-order chi connectivity index (χ0) is 17.6. The topological polar surface area (TPSA) is 68.5 Å². The number of nitrogen functional groups attached to an aromatic ring is 1. The van der Waals surface area contributed by atoms with Gasteiger partial charge in [0.05, 0.1) is 17.2 Å². The van der Waals surface area contributed by atoms with E-state index in [2.05, 4.69) is 11.9 Å². The molecule has 0 aliphatic carbocycles. The average molecular weight is 366 g/mol. The van der Waals surface area contributed by atoms with E-state index in [0.717, 1.165) is 32.6 Å². The lowest BCUT2D eigenvalue weighted by Gasteiger charge is -2.30. The van der Waals surface area contributed by atoms with Gasteiger partial charge in [0.25, 0.3) is 0 Å². The highest BCUT2D eigenvalue weighted by molar-refractivity contribution is 7.18. The molecule has 2 aromatic heterocycles. The molecule has 130 valence electrons. The molecule has 5 nitrogen and oxygen atoms in total. The van der Waals surface area contributed by atoms with Crippen LogP contribution in [0.15, 0.2) is 0 Å². The number of amides is 1. The molecule has 0 unspecified atom stereocenters. The number of aryl methyl sites for hydroxylation is 2. The molecule has 0 aromatic carbocycles. The van der Waals surface area contributed by atoms with Crippen LogP contribution in [0.2, 0.25) is 0 Å². The number of carbonyl (C=O) groups is 1. The maximum Gasteiger partial charge on any atom is 0.410 e. The summed E-state index contributed by atoms with van der Waals surface area (Å²) in [7, 11) is 0. The number of nitrogens with two attached hydrogens (primary N) is 1. The fourth-order valence-corrected chi connectivity index (χ4v) is 4.92. The number of thiazole rings is 1. The van der Waals surface area contributed by atoms with Gasteiger partial charge in [-0.2, -0.15) is 0 Å². The van der Waals surface area contributed by atoms with Crippen LogP contribution < -0.4 is 5.73 Å². The molecule has 0 saturated carbocycles. The summed E-state index contributed by atoms with van der Waals surface area (Å²) >= 11 is 3.25. The molecule has 1 aliphatic rings. The van der Waals surface area contributed by atoms with Crippen molar-refractivity contribution >= 4 is 33.8 Å². The highest BCUT2D eigenvalue weighted by atomic mass is 32.1. The summed E-state index contributed by atoms with van der Waals surface area (Å²) in [5.41, 5.74) is 9.17. The third-order valence-electron chi connectivity index (χ3n) is 3.98. The quantitative estimate of drug-likeness (QED) is 0.815. The van der Waals surface area contributed by atoms with Gasteiger partial charge in [0.15, 0.2) is 0 Å². The SMILES string of the molecule is Cc1nc(-c2c(N)sc3c2CCN(C(=O)OC(C)(C)C)C3)sc1C. The number of aromatic nitrogens is 1. The van der Waals surface area contributed by atoms with Gasteiger partial charge in [-0.15, -0.1) is 22.7 Å². The van der Waals surface area contributed by atoms with Gasteiger partial charge in [0.1, 0.15) is 10.6 Å². The number of fused-ring (bicyclic) bond motifs is 1. The van der Waals surface area contributed by atoms with Gasteiger partial charge in [-0.1, -0.05) is 0 Å². The lowest BCUT2D eigenvalue weighted by Crippen LogP contribution is -2.39. The van der Waals surface area contributed by atoms with Crippen LogP contribution in [-0.2, 0) is 17.7 Å². The van der Waals surface area contributed by atoms with Crippen molar-refractivity contribution in [3.8, 4) is 10.6 Å². The van der Waals surface area contributed by atoms with Gasteiger partial charge in [-0.05, 0) is 46.6 Å². The number of nitrogens with zero attached hydrogens (tertiary/aromatic N) is 2. The predicted molar refractivity (Wildman–Crippen MR) is 99.7 cm³/mol. The molecule has 0 atom stereocenters. The van der Waals surface area contributed by atoms with Crippen molar-refractivity contribution in [2.45, 2.75) is 53.2 Å². The molecule has 24 heavy (non-hydrogen) atoms. The molecule has 3 rings (SSSR count). The summed E-state index contributed by atoms with van der Waals surface area (Å²) in [6.45, 7) is 11.0. The van der Waals surface area contributed by atoms with Crippen molar-refractivity contribution in [2.75, 3.05) is 12.3 Å². The van der Waals surface area contributed by atoms with Gasteiger partial charge in [-0.3, -0.25) is 0 Å². The van der Waals surface area contributed by atoms with Crippen molar-refractivity contribution in [1.82, 2.24) is 9.88 Å². The fourth-order valence-electron chi connectivity index (χ4n) is 2.72. The third-order valence-corrected chi connectivity index (χ3v) is 6.11. The molecule has 1 amide bonds. The third kappa shape index (κ3) is 3.28. The van der Waals surface area contributed by atoms with E-state index >= 15 is 0 Å². The summed E-state index contributed by atoms with van der Waals surface area (Å²) in [6.07, 6.45) is 0.526.